The third-order valence-corrected chi connectivity index (χ3v) is 4.69. The number of anilines is 1. The first kappa shape index (κ1) is 19.1. The number of allylic oxidation sites excluding steroid dienone is 1. The molecule has 138 valence electrons. The highest BCUT2D eigenvalue weighted by atomic mass is 35.5. The number of pyridine rings is 1. The summed E-state index contributed by atoms with van der Waals surface area (Å²) in [6, 6.07) is 14.5. The van der Waals surface area contributed by atoms with Gasteiger partial charge in [-0.15, -0.1) is 0 Å². The van der Waals surface area contributed by atoms with Crippen molar-refractivity contribution in [3.05, 3.63) is 83.3 Å². The number of carbonyl (C=O) groups excluding carboxylic acids is 1. The topological polar surface area (TPSA) is 42.0 Å². The van der Waals surface area contributed by atoms with E-state index >= 15 is 0 Å². The summed E-state index contributed by atoms with van der Waals surface area (Å²) >= 11 is 5.98. The molecule has 0 spiro atoms. The molecule has 0 bridgehead atoms. The fourth-order valence-electron chi connectivity index (χ4n) is 3.10. The van der Waals surface area contributed by atoms with Crippen molar-refractivity contribution in [1.29, 1.82) is 0 Å². The molecule has 2 aromatic carbocycles. The van der Waals surface area contributed by atoms with Gasteiger partial charge in [-0.1, -0.05) is 60.6 Å². The van der Waals surface area contributed by atoms with Crippen LogP contribution in [-0.4, -0.2) is 10.9 Å². The van der Waals surface area contributed by atoms with Crippen LogP contribution in [-0.2, 0) is 11.2 Å². The summed E-state index contributed by atoms with van der Waals surface area (Å²) in [5.74, 6) is -0.907. The van der Waals surface area contributed by atoms with Crippen LogP contribution in [0, 0.1) is 18.7 Å². The molecule has 3 nitrogen and oxygen atoms in total. The van der Waals surface area contributed by atoms with Crippen LogP contribution < -0.4 is 5.32 Å². The monoisotopic (exact) mass is 382 g/mol. The van der Waals surface area contributed by atoms with E-state index in [1.54, 1.807) is 12.1 Å². The van der Waals surface area contributed by atoms with E-state index < -0.39 is 0 Å². The van der Waals surface area contributed by atoms with E-state index in [1.165, 1.54) is 12.3 Å². The maximum absolute atomic E-state index is 13.9. The Labute approximate surface area is 162 Å². The first-order chi connectivity index (χ1) is 13.0. The Kier molecular flexibility index (Phi) is 5.87. The van der Waals surface area contributed by atoms with Crippen LogP contribution in [0.15, 0.2) is 66.3 Å². The molecule has 1 N–H and O–H groups in total. The molecule has 3 rings (SSSR count). The van der Waals surface area contributed by atoms with Crippen molar-refractivity contribution in [1.82, 2.24) is 4.98 Å². The van der Waals surface area contributed by atoms with Crippen molar-refractivity contribution in [3.63, 3.8) is 0 Å². The van der Waals surface area contributed by atoms with Crippen LogP contribution in [0.5, 0.6) is 0 Å². The number of aryl methyl sites for hydroxylation is 1. The van der Waals surface area contributed by atoms with Crippen LogP contribution in [0.3, 0.4) is 0 Å². The molecular weight excluding hydrogens is 363 g/mol. The van der Waals surface area contributed by atoms with Crippen molar-refractivity contribution >= 4 is 34.1 Å². The average molecular weight is 383 g/mol. The predicted molar refractivity (Wildman–Crippen MR) is 108 cm³/mol. The van der Waals surface area contributed by atoms with E-state index in [4.69, 9.17) is 11.6 Å². The van der Waals surface area contributed by atoms with E-state index in [-0.39, 0.29) is 17.6 Å². The van der Waals surface area contributed by atoms with Gasteiger partial charge < -0.3 is 5.32 Å². The van der Waals surface area contributed by atoms with Gasteiger partial charge in [0.05, 0.1) is 11.9 Å². The number of fused-ring (bicyclic) bond motifs is 1. The predicted octanol–water partition coefficient (Wildman–Crippen LogP) is 5.62. The molecule has 0 aliphatic heterocycles. The number of para-hydroxylation sites is 1. The largest absolute Gasteiger partial charge is 0.324 e. The normalized spacial score (nSPS) is 12.0. The number of hydrogen-bond donors (Lipinski definition) is 1. The SMILES string of the molecule is C=C(Cl)CC(Cc1ccccc1)C(=O)Nc1cnc2c(F)cccc2c1C. The first-order valence-corrected chi connectivity index (χ1v) is 9.05. The number of hydrogen-bond acceptors (Lipinski definition) is 2. The lowest BCUT2D eigenvalue weighted by Crippen LogP contribution is -2.25. The lowest BCUT2D eigenvalue weighted by Gasteiger charge is -2.18. The number of rotatable bonds is 6. The van der Waals surface area contributed by atoms with Gasteiger partial charge in [0.25, 0.3) is 0 Å². The number of benzene rings is 2. The van der Waals surface area contributed by atoms with E-state index in [0.717, 1.165) is 11.1 Å². The van der Waals surface area contributed by atoms with E-state index in [9.17, 15) is 9.18 Å². The Morgan fingerprint density at radius 2 is 1.96 bits per heavy atom. The van der Waals surface area contributed by atoms with Crippen molar-refractivity contribution in [2.24, 2.45) is 5.92 Å². The fraction of sp³-hybridized carbons (Fsp3) is 0.182. The molecule has 1 heterocycles. The number of halogens is 2. The summed E-state index contributed by atoms with van der Waals surface area (Å²) < 4.78 is 13.9. The molecule has 0 saturated carbocycles. The van der Waals surface area contributed by atoms with Gasteiger partial charge in [-0.05, 0) is 37.0 Å². The molecule has 0 saturated heterocycles. The molecule has 5 heteroatoms. The minimum atomic E-state index is -0.381. The Hall–Kier alpha value is -2.72. The van der Waals surface area contributed by atoms with Crippen molar-refractivity contribution in [2.75, 3.05) is 5.32 Å². The molecule has 1 amide bonds. The molecule has 0 fully saturated rings. The number of nitrogens with zero attached hydrogens (tertiary/aromatic N) is 1. The maximum Gasteiger partial charge on any atom is 0.228 e. The second-order valence-corrected chi connectivity index (χ2v) is 7.06. The Morgan fingerprint density at radius 3 is 2.67 bits per heavy atom. The molecule has 3 aromatic rings. The summed E-state index contributed by atoms with van der Waals surface area (Å²) in [6.07, 6.45) is 2.41. The lowest BCUT2D eigenvalue weighted by atomic mass is 9.95. The minimum absolute atomic E-state index is 0.165. The maximum atomic E-state index is 13.9. The molecular formula is C22H20ClFN2O. The van der Waals surface area contributed by atoms with Crippen molar-refractivity contribution in [2.45, 2.75) is 19.8 Å². The van der Waals surface area contributed by atoms with Crippen molar-refractivity contribution < 1.29 is 9.18 Å². The fourth-order valence-corrected chi connectivity index (χ4v) is 3.29. The Balaban J connectivity index is 1.85. The summed E-state index contributed by atoms with van der Waals surface area (Å²) in [7, 11) is 0. The third-order valence-electron chi connectivity index (χ3n) is 4.54. The average Bonchev–Trinajstić information content (AvgIpc) is 2.64. The van der Waals surface area contributed by atoms with E-state index in [0.29, 0.717) is 34.5 Å². The van der Waals surface area contributed by atoms with E-state index in [1.807, 2.05) is 37.3 Å². The number of nitrogens with one attached hydrogen (secondary N) is 1. The van der Waals surface area contributed by atoms with Crippen molar-refractivity contribution in [3.8, 4) is 0 Å². The van der Waals surface area contributed by atoms with Crippen LogP contribution >= 0.6 is 11.6 Å². The van der Waals surface area contributed by atoms with Gasteiger partial charge in [0, 0.05) is 16.3 Å². The van der Waals surface area contributed by atoms with Crippen LogP contribution in [0.2, 0.25) is 0 Å². The molecule has 27 heavy (non-hydrogen) atoms. The molecule has 1 aromatic heterocycles. The summed E-state index contributed by atoms with van der Waals surface area (Å²) in [4.78, 5) is 17.1. The Bertz CT molecular complexity index is 988. The lowest BCUT2D eigenvalue weighted by molar-refractivity contribution is -0.119. The van der Waals surface area contributed by atoms with Gasteiger partial charge in [0.2, 0.25) is 5.91 Å². The Morgan fingerprint density at radius 1 is 1.22 bits per heavy atom. The number of aromatic nitrogens is 1. The number of amides is 1. The van der Waals surface area contributed by atoms with Gasteiger partial charge in [-0.25, -0.2) is 4.39 Å². The van der Waals surface area contributed by atoms with Crippen LogP contribution in [0.4, 0.5) is 10.1 Å². The number of carbonyl (C=O) groups is 1. The first-order valence-electron chi connectivity index (χ1n) is 8.67. The van der Waals surface area contributed by atoms with Crippen LogP contribution in [0.25, 0.3) is 10.9 Å². The van der Waals surface area contributed by atoms with Gasteiger partial charge >= 0.3 is 0 Å². The standard InChI is InChI=1S/C22H20ClFN2O/c1-14(23)11-17(12-16-7-4-3-5-8-16)22(27)26-20-13-25-21-18(15(20)2)9-6-10-19(21)24/h3-10,13,17H,1,11-12H2,2H3,(H,26,27). The molecule has 0 aliphatic carbocycles. The smallest absolute Gasteiger partial charge is 0.228 e. The van der Waals surface area contributed by atoms with Gasteiger partial charge in [0.1, 0.15) is 11.3 Å². The quantitative estimate of drug-likeness (QED) is 0.601. The summed E-state index contributed by atoms with van der Waals surface area (Å²) in [5, 5.41) is 4.03. The van der Waals surface area contributed by atoms with Gasteiger partial charge in [-0.2, -0.15) is 0 Å². The second kappa shape index (κ2) is 8.31. The molecule has 0 radical (unpaired) electrons. The van der Waals surface area contributed by atoms with Crippen LogP contribution in [0.1, 0.15) is 17.5 Å². The van der Waals surface area contributed by atoms with Gasteiger partial charge in [0.15, 0.2) is 0 Å². The zero-order chi connectivity index (χ0) is 19.4. The van der Waals surface area contributed by atoms with Gasteiger partial charge in [-0.3, -0.25) is 9.78 Å². The summed E-state index contributed by atoms with van der Waals surface area (Å²) in [6.45, 7) is 5.56. The minimum Gasteiger partial charge on any atom is -0.324 e. The molecule has 0 aliphatic rings. The zero-order valence-electron chi connectivity index (χ0n) is 15.0. The molecule has 1 atom stereocenters. The highest BCUT2D eigenvalue weighted by Gasteiger charge is 2.21. The molecule has 1 unspecified atom stereocenters. The third kappa shape index (κ3) is 4.52. The highest BCUT2D eigenvalue weighted by Crippen LogP contribution is 2.27. The van der Waals surface area contributed by atoms with E-state index in [2.05, 4.69) is 16.9 Å². The highest BCUT2D eigenvalue weighted by molar-refractivity contribution is 6.29. The zero-order valence-corrected chi connectivity index (χ0v) is 15.8. The summed E-state index contributed by atoms with van der Waals surface area (Å²) in [5.41, 5.74) is 2.68. The second-order valence-electron chi connectivity index (χ2n) is 6.53.